The Morgan fingerprint density at radius 1 is 1.50 bits per heavy atom. The van der Waals surface area contributed by atoms with Gasteiger partial charge in [0.1, 0.15) is 0 Å². The predicted molar refractivity (Wildman–Crippen MR) is 64.1 cm³/mol. The van der Waals surface area contributed by atoms with Gasteiger partial charge in [-0.15, -0.1) is 0 Å². The van der Waals surface area contributed by atoms with E-state index in [9.17, 15) is 8.42 Å². The van der Waals surface area contributed by atoms with Gasteiger partial charge in [-0.05, 0) is 38.3 Å². The van der Waals surface area contributed by atoms with E-state index in [1.54, 1.807) is 6.07 Å². The molecule has 2 rings (SSSR count). The van der Waals surface area contributed by atoms with Crippen LogP contribution >= 0.6 is 0 Å². The van der Waals surface area contributed by atoms with Crippen molar-refractivity contribution in [3.8, 4) is 0 Å². The normalized spacial score (nSPS) is 24.1. The van der Waals surface area contributed by atoms with E-state index >= 15 is 0 Å². The SMILES string of the molecule is Cc1ccc2c(c1)CC(CC(C)N)S2(=O)=O. The Bertz CT molecular complexity index is 506. The monoisotopic (exact) mass is 239 g/mol. The van der Waals surface area contributed by atoms with Crippen LogP contribution in [0.15, 0.2) is 23.1 Å². The highest BCUT2D eigenvalue weighted by Crippen LogP contribution is 2.33. The highest BCUT2D eigenvalue weighted by atomic mass is 32.2. The minimum absolute atomic E-state index is 0.0739. The number of sulfone groups is 1. The van der Waals surface area contributed by atoms with E-state index in [4.69, 9.17) is 5.73 Å². The van der Waals surface area contributed by atoms with Crippen molar-refractivity contribution in [2.45, 2.75) is 42.9 Å². The summed E-state index contributed by atoms with van der Waals surface area (Å²) in [4.78, 5) is 0.503. The molecule has 1 aliphatic rings. The molecular weight excluding hydrogens is 222 g/mol. The van der Waals surface area contributed by atoms with Crippen molar-refractivity contribution in [3.05, 3.63) is 29.3 Å². The second-order valence-corrected chi connectivity index (χ2v) is 6.89. The van der Waals surface area contributed by atoms with Crippen LogP contribution in [0, 0.1) is 6.92 Å². The van der Waals surface area contributed by atoms with Crippen molar-refractivity contribution in [1.82, 2.24) is 0 Å². The number of rotatable bonds is 2. The molecular formula is C12H17NO2S. The molecule has 0 aromatic heterocycles. The molecule has 0 saturated heterocycles. The molecule has 0 aliphatic carbocycles. The summed E-state index contributed by atoms with van der Waals surface area (Å²) in [6.07, 6.45) is 1.15. The molecule has 0 fully saturated rings. The zero-order chi connectivity index (χ0) is 11.9. The first-order chi connectivity index (χ1) is 7.41. The Morgan fingerprint density at radius 2 is 2.19 bits per heavy atom. The number of benzene rings is 1. The van der Waals surface area contributed by atoms with Crippen molar-refractivity contribution in [1.29, 1.82) is 0 Å². The minimum atomic E-state index is -3.14. The maximum atomic E-state index is 12.2. The number of fused-ring (bicyclic) bond motifs is 1. The van der Waals surface area contributed by atoms with E-state index in [0.29, 0.717) is 17.7 Å². The standard InChI is InChI=1S/C12H17NO2S/c1-8-3-4-12-10(5-8)7-11(6-9(2)13)16(12,14)15/h3-5,9,11H,6-7,13H2,1-2H3. The molecule has 1 aromatic carbocycles. The van der Waals surface area contributed by atoms with Gasteiger partial charge >= 0.3 is 0 Å². The smallest absolute Gasteiger partial charge is 0.181 e. The van der Waals surface area contributed by atoms with Gasteiger partial charge in [-0.25, -0.2) is 8.42 Å². The van der Waals surface area contributed by atoms with Crippen molar-refractivity contribution in [2.24, 2.45) is 5.73 Å². The maximum Gasteiger partial charge on any atom is 0.181 e. The zero-order valence-corrected chi connectivity index (χ0v) is 10.4. The van der Waals surface area contributed by atoms with Crippen molar-refractivity contribution < 1.29 is 8.42 Å². The van der Waals surface area contributed by atoms with Crippen LogP contribution in [0.2, 0.25) is 0 Å². The fraction of sp³-hybridized carbons (Fsp3) is 0.500. The van der Waals surface area contributed by atoms with Crippen LogP contribution in [-0.2, 0) is 16.3 Å². The molecule has 88 valence electrons. The first kappa shape index (κ1) is 11.6. The summed E-state index contributed by atoms with van der Waals surface area (Å²) in [6, 6.07) is 5.47. The van der Waals surface area contributed by atoms with E-state index in [-0.39, 0.29) is 11.3 Å². The Hall–Kier alpha value is -0.870. The third kappa shape index (κ3) is 1.87. The van der Waals surface area contributed by atoms with Gasteiger partial charge in [0.05, 0.1) is 10.1 Å². The van der Waals surface area contributed by atoms with Gasteiger partial charge in [-0.2, -0.15) is 0 Å². The number of hydrogen-bond acceptors (Lipinski definition) is 3. The minimum Gasteiger partial charge on any atom is -0.328 e. The Morgan fingerprint density at radius 3 is 2.81 bits per heavy atom. The molecule has 3 nitrogen and oxygen atoms in total. The van der Waals surface area contributed by atoms with Gasteiger partial charge in [0.25, 0.3) is 0 Å². The molecule has 0 spiro atoms. The van der Waals surface area contributed by atoms with Gasteiger partial charge in [0.2, 0.25) is 0 Å². The lowest BCUT2D eigenvalue weighted by atomic mass is 10.0. The van der Waals surface area contributed by atoms with Crippen LogP contribution in [0.3, 0.4) is 0 Å². The average molecular weight is 239 g/mol. The van der Waals surface area contributed by atoms with Gasteiger partial charge in [-0.1, -0.05) is 17.7 Å². The molecule has 2 N–H and O–H groups in total. The summed E-state index contributed by atoms with van der Waals surface area (Å²) in [5.41, 5.74) is 7.75. The molecule has 2 unspecified atom stereocenters. The van der Waals surface area contributed by atoms with Gasteiger partial charge < -0.3 is 5.73 Å². The molecule has 1 heterocycles. The first-order valence-electron chi connectivity index (χ1n) is 5.50. The van der Waals surface area contributed by atoms with Crippen LogP contribution < -0.4 is 5.73 Å². The van der Waals surface area contributed by atoms with Gasteiger partial charge in [0.15, 0.2) is 9.84 Å². The summed E-state index contributed by atoms with van der Waals surface area (Å²) in [5, 5.41) is -0.329. The maximum absolute atomic E-state index is 12.2. The first-order valence-corrected chi connectivity index (χ1v) is 7.05. The second kappa shape index (κ2) is 3.86. The molecule has 1 aromatic rings. The molecule has 0 bridgehead atoms. The van der Waals surface area contributed by atoms with Crippen LogP contribution in [0.5, 0.6) is 0 Å². The quantitative estimate of drug-likeness (QED) is 0.849. The third-order valence-electron chi connectivity index (χ3n) is 3.04. The van der Waals surface area contributed by atoms with E-state index < -0.39 is 9.84 Å². The van der Waals surface area contributed by atoms with Crippen LogP contribution in [0.1, 0.15) is 24.5 Å². The van der Waals surface area contributed by atoms with E-state index in [1.807, 2.05) is 26.0 Å². The lowest BCUT2D eigenvalue weighted by Gasteiger charge is -2.11. The van der Waals surface area contributed by atoms with Crippen LogP contribution in [0.4, 0.5) is 0 Å². The highest BCUT2D eigenvalue weighted by Gasteiger charge is 2.36. The Labute approximate surface area is 96.6 Å². The fourth-order valence-corrected chi connectivity index (χ4v) is 4.38. The topological polar surface area (TPSA) is 60.2 Å². The molecule has 0 radical (unpaired) electrons. The molecule has 0 saturated carbocycles. The van der Waals surface area contributed by atoms with E-state index in [1.165, 1.54) is 0 Å². The van der Waals surface area contributed by atoms with E-state index in [2.05, 4.69) is 0 Å². The Balaban J connectivity index is 2.42. The van der Waals surface area contributed by atoms with Gasteiger partial charge in [0, 0.05) is 6.04 Å². The summed E-state index contributed by atoms with van der Waals surface area (Å²) < 4.78 is 24.4. The van der Waals surface area contributed by atoms with Gasteiger partial charge in [-0.3, -0.25) is 0 Å². The summed E-state index contributed by atoms with van der Waals surface area (Å²) in [7, 11) is -3.14. The zero-order valence-electron chi connectivity index (χ0n) is 9.60. The molecule has 16 heavy (non-hydrogen) atoms. The molecule has 1 aliphatic heterocycles. The van der Waals surface area contributed by atoms with Crippen molar-refractivity contribution in [2.75, 3.05) is 0 Å². The van der Waals surface area contributed by atoms with Crippen molar-refractivity contribution >= 4 is 9.84 Å². The molecule has 2 atom stereocenters. The predicted octanol–water partition coefficient (Wildman–Crippen LogP) is 1.43. The van der Waals surface area contributed by atoms with E-state index in [0.717, 1.165) is 11.1 Å². The van der Waals surface area contributed by atoms with Crippen LogP contribution in [0.25, 0.3) is 0 Å². The Kier molecular flexibility index (Phi) is 2.80. The molecule has 0 amide bonds. The number of nitrogens with two attached hydrogens (primary N) is 1. The second-order valence-electron chi connectivity index (χ2n) is 4.70. The lowest BCUT2D eigenvalue weighted by molar-refractivity contribution is 0.563. The lowest BCUT2D eigenvalue weighted by Crippen LogP contribution is -2.27. The largest absolute Gasteiger partial charge is 0.328 e. The van der Waals surface area contributed by atoms with Crippen molar-refractivity contribution in [3.63, 3.8) is 0 Å². The highest BCUT2D eigenvalue weighted by molar-refractivity contribution is 7.92. The fourth-order valence-electron chi connectivity index (χ4n) is 2.30. The number of aryl methyl sites for hydroxylation is 1. The average Bonchev–Trinajstić information content (AvgIpc) is 2.37. The summed E-state index contributed by atoms with van der Waals surface area (Å²) in [6.45, 7) is 3.83. The molecule has 4 heteroatoms. The summed E-state index contributed by atoms with van der Waals surface area (Å²) in [5.74, 6) is 0. The van der Waals surface area contributed by atoms with Crippen LogP contribution in [-0.4, -0.2) is 19.7 Å². The third-order valence-corrected chi connectivity index (χ3v) is 5.29. The summed E-state index contributed by atoms with van der Waals surface area (Å²) >= 11 is 0. The number of hydrogen-bond donors (Lipinski definition) is 1.